The van der Waals surface area contributed by atoms with Crippen molar-refractivity contribution in [2.75, 3.05) is 10.2 Å². The maximum atomic E-state index is 7.24. The molecule has 0 fully saturated rings. The second-order valence-corrected chi connectivity index (χ2v) is 17.2. The standard InChI is InChI=1S/C48H59BCl2N4/c1-28(2)39-15-14-16-40(29(3)4)45(39)54-27-55(48(51)47(54)50)46-41(30(5)6)24-38(25-42(46)31(7)8)23-37-21-33(10)43(34(11)22-37)52-17-18-53(26-49)44-35(12)19-32(9)20-36(44)13/h14-22,24-31,52H,23H2,1-13H3/q+1. The van der Waals surface area contributed by atoms with Gasteiger partial charge in [0.25, 0.3) is 16.6 Å². The van der Waals surface area contributed by atoms with Gasteiger partial charge in [0.1, 0.15) is 11.4 Å². The summed E-state index contributed by atoms with van der Waals surface area (Å²) in [6, 6.07) is 20.3. The molecule has 55 heavy (non-hydrogen) atoms. The first-order chi connectivity index (χ1) is 25.9. The fourth-order valence-corrected chi connectivity index (χ4v) is 8.56. The molecule has 1 N–H and O–H groups in total. The summed E-state index contributed by atoms with van der Waals surface area (Å²) in [6.07, 6.45) is 8.48. The second kappa shape index (κ2) is 17.4. The normalized spacial score (nSPS) is 11.9. The van der Waals surface area contributed by atoms with Crippen LogP contribution in [0.2, 0.25) is 10.3 Å². The van der Waals surface area contributed by atoms with Crippen molar-refractivity contribution in [3.63, 3.8) is 0 Å². The summed E-state index contributed by atoms with van der Waals surface area (Å²) in [4.78, 5) is 1.97. The number of rotatable bonds is 13. The van der Waals surface area contributed by atoms with E-state index in [0.29, 0.717) is 22.1 Å². The van der Waals surface area contributed by atoms with E-state index in [4.69, 9.17) is 30.7 Å². The molecule has 1 aromatic heterocycles. The molecular weight excluding hydrogens is 714 g/mol. The number of halogens is 2. The number of aromatic nitrogens is 2. The SMILES string of the molecule is [B]=CN(C=CNc1c(C)cc(Cc2cc(C(C)C)c(-[n+]3cn(-c4c(C(C)C)cccc4C(C)C)c(Cl)c3Cl)c(C(C)C)c2)cc1C)c1c(C)cc(C)cc1C. The van der Waals surface area contributed by atoms with Crippen LogP contribution in [0.5, 0.6) is 0 Å². The van der Waals surface area contributed by atoms with Crippen molar-refractivity contribution >= 4 is 48.2 Å². The molecule has 0 aliphatic carbocycles. The Hall–Kier alpha value is -4.06. The first kappa shape index (κ1) is 42.1. The molecule has 7 heteroatoms. The predicted octanol–water partition coefficient (Wildman–Crippen LogP) is 13.0. The van der Waals surface area contributed by atoms with Gasteiger partial charge < -0.3 is 0 Å². The number of aryl methyl sites for hydroxylation is 5. The fraction of sp³-hybridized carbons (Fsp3) is 0.375. The van der Waals surface area contributed by atoms with Gasteiger partial charge in [-0.1, -0.05) is 73.6 Å². The van der Waals surface area contributed by atoms with Crippen LogP contribution in [-0.2, 0) is 6.42 Å². The predicted molar refractivity (Wildman–Crippen MR) is 240 cm³/mol. The summed E-state index contributed by atoms with van der Waals surface area (Å²) < 4.78 is 4.22. The van der Waals surface area contributed by atoms with E-state index in [1.807, 2.05) is 17.3 Å². The summed E-state index contributed by atoms with van der Waals surface area (Å²) in [7, 11) is 6.09. The van der Waals surface area contributed by atoms with Crippen molar-refractivity contribution < 1.29 is 4.57 Å². The molecule has 0 saturated carbocycles. The number of imidazole rings is 1. The second-order valence-electron chi connectivity index (χ2n) is 16.5. The Kier molecular flexibility index (Phi) is 13.3. The molecule has 1 heterocycles. The van der Waals surface area contributed by atoms with E-state index in [1.54, 1.807) is 6.09 Å². The molecule has 4 nitrogen and oxygen atoms in total. The zero-order chi connectivity index (χ0) is 40.5. The van der Waals surface area contributed by atoms with Gasteiger partial charge in [0, 0.05) is 22.3 Å². The number of para-hydroxylation sites is 1. The molecule has 5 rings (SSSR count). The van der Waals surface area contributed by atoms with Crippen molar-refractivity contribution in [1.82, 2.24) is 4.57 Å². The molecule has 0 atom stereocenters. The van der Waals surface area contributed by atoms with Crippen LogP contribution in [0.1, 0.15) is 140 Å². The number of nitrogens with zero attached hydrogens (tertiary/aromatic N) is 3. The van der Waals surface area contributed by atoms with Crippen LogP contribution in [0.4, 0.5) is 11.4 Å². The molecule has 0 unspecified atom stereocenters. The van der Waals surface area contributed by atoms with Gasteiger partial charge in [-0.05, 0) is 46.9 Å². The van der Waals surface area contributed by atoms with E-state index in [9.17, 15) is 0 Å². The van der Waals surface area contributed by atoms with Crippen LogP contribution in [0, 0.1) is 34.6 Å². The summed E-state index contributed by atoms with van der Waals surface area (Å²) in [5, 5.41) is 4.59. The molecule has 0 spiro atoms. The number of nitrogens with one attached hydrogen (secondary N) is 1. The average molecular weight is 774 g/mol. The molecular formula is C48H59BCl2N4+. The molecule has 287 valence electrons. The Balaban J connectivity index is 1.51. The van der Waals surface area contributed by atoms with E-state index in [1.165, 1.54) is 61.2 Å². The van der Waals surface area contributed by atoms with Crippen LogP contribution in [-0.4, -0.2) is 18.1 Å². The van der Waals surface area contributed by atoms with Crippen LogP contribution < -0.4 is 14.8 Å². The van der Waals surface area contributed by atoms with Gasteiger partial charge in [0.05, 0.1) is 0 Å². The van der Waals surface area contributed by atoms with Crippen molar-refractivity contribution in [3.8, 4) is 11.4 Å². The summed E-state index contributed by atoms with van der Waals surface area (Å²) in [5.74, 6) is 1.16. The van der Waals surface area contributed by atoms with Gasteiger partial charge in [-0.2, -0.15) is 9.13 Å². The van der Waals surface area contributed by atoms with Gasteiger partial charge in [0.2, 0.25) is 0 Å². The molecule has 0 aliphatic heterocycles. The fourth-order valence-electron chi connectivity index (χ4n) is 8.12. The van der Waals surface area contributed by atoms with Gasteiger partial charge >= 0.3 is 164 Å². The van der Waals surface area contributed by atoms with Crippen molar-refractivity contribution in [1.29, 1.82) is 0 Å². The Morgan fingerprint density at radius 3 is 1.67 bits per heavy atom. The maximum absolute atomic E-state index is 7.24. The Labute approximate surface area is 342 Å². The van der Waals surface area contributed by atoms with Gasteiger partial charge in [-0.15, -0.1) is 0 Å². The van der Waals surface area contributed by atoms with Crippen LogP contribution in [0.25, 0.3) is 11.4 Å². The average Bonchev–Trinajstić information content (AvgIpc) is 3.39. The number of benzene rings is 4. The molecule has 0 amide bonds. The third-order valence-electron chi connectivity index (χ3n) is 10.6. The van der Waals surface area contributed by atoms with Crippen molar-refractivity contribution in [2.45, 2.75) is 120 Å². The van der Waals surface area contributed by atoms with Gasteiger partial charge in [0.15, 0.2) is 0 Å². The van der Waals surface area contributed by atoms with Crippen LogP contribution >= 0.6 is 23.2 Å². The van der Waals surface area contributed by atoms with E-state index in [-0.39, 0.29) is 11.8 Å². The van der Waals surface area contributed by atoms with E-state index >= 15 is 0 Å². The Morgan fingerprint density at radius 2 is 1.20 bits per heavy atom. The van der Waals surface area contributed by atoms with Gasteiger partial charge in [-0.3, -0.25) is 0 Å². The topological polar surface area (TPSA) is 24.1 Å². The zero-order valence-corrected chi connectivity index (χ0v) is 36.7. The summed E-state index contributed by atoms with van der Waals surface area (Å²) in [6.45, 7) is 28.7. The van der Waals surface area contributed by atoms with Crippen molar-refractivity contribution in [3.05, 3.63) is 145 Å². The third kappa shape index (κ3) is 8.84. The molecule has 4 aromatic carbocycles. The van der Waals surface area contributed by atoms with E-state index in [0.717, 1.165) is 29.2 Å². The van der Waals surface area contributed by atoms with Gasteiger partial charge in [-0.25, -0.2) is 0 Å². The first-order valence-corrected chi connectivity index (χ1v) is 20.4. The van der Waals surface area contributed by atoms with Crippen LogP contribution in [0.3, 0.4) is 0 Å². The summed E-state index contributed by atoms with van der Waals surface area (Å²) in [5.41, 5.74) is 18.0. The van der Waals surface area contributed by atoms with Crippen LogP contribution in [0.15, 0.2) is 73.3 Å². The quantitative estimate of drug-likeness (QED) is 0.0952. The number of anilines is 2. The monoisotopic (exact) mass is 772 g/mol. The molecule has 1 radical (unpaired) electrons. The molecule has 0 aliphatic rings. The molecule has 0 saturated heterocycles. The molecule has 5 aromatic rings. The first-order valence-electron chi connectivity index (χ1n) is 19.7. The van der Waals surface area contributed by atoms with E-state index in [2.05, 4.69) is 165 Å². The minimum atomic E-state index is 0.256. The third-order valence-corrected chi connectivity index (χ3v) is 11.5. The molecule has 0 bridgehead atoms. The Morgan fingerprint density at radius 1 is 0.709 bits per heavy atom. The minimum absolute atomic E-state index is 0.256. The number of hydrogen-bond acceptors (Lipinski definition) is 2. The zero-order valence-electron chi connectivity index (χ0n) is 35.2. The van der Waals surface area contributed by atoms with Crippen molar-refractivity contribution in [2.24, 2.45) is 0 Å². The van der Waals surface area contributed by atoms with E-state index < -0.39 is 0 Å². The summed E-state index contributed by atoms with van der Waals surface area (Å²) >= 11 is 14.4. The Bertz CT molecular complexity index is 2140. The number of hydrogen-bond donors (Lipinski definition) is 1.